The van der Waals surface area contributed by atoms with E-state index in [1.165, 1.54) is 0 Å². The Hall–Kier alpha value is -3.83. The number of hydrogen-bond donors (Lipinski definition) is 1. The van der Waals surface area contributed by atoms with Crippen LogP contribution in [0.3, 0.4) is 0 Å². The Morgan fingerprint density at radius 3 is 2.49 bits per heavy atom. The molecule has 0 saturated heterocycles. The molecular weight excluding hydrogens is 508 g/mol. The lowest BCUT2D eigenvalue weighted by atomic mass is 9.85. The average Bonchev–Trinajstić information content (AvgIpc) is 3.20. The number of para-hydroxylation sites is 1. The third kappa shape index (κ3) is 5.64. The van der Waals surface area contributed by atoms with Gasteiger partial charge in [-0.05, 0) is 73.4 Å². The van der Waals surface area contributed by atoms with Gasteiger partial charge in [0.15, 0.2) is 0 Å². The molecule has 0 fully saturated rings. The van der Waals surface area contributed by atoms with Gasteiger partial charge < -0.3 is 14.4 Å². The molecule has 200 valence electrons. The van der Waals surface area contributed by atoms with Crippen LogP contribution >= 0.6 is 11.6 Å². The van der Waals surface area contributed by atoms with Gasteiger partial charge in [0.2, 0.25) is 0 Å². The Kier molecular flexibility index (Phi) is 7.37. The predicted molar refractivity (Wildman–Crippen MR) is 158 cm³/mol. The summed E-state index contributed by atoms with van der Waals surface area (Å²) >= 11 is 6.14. The highest BCUT2D eigenvalue weighted by Gasteiger charge is 2.32. The minimum absolute atomic E-state index is 0.191. The van der Waals surface area contributed by atoms with Crippen molar-refractivity contribution in [1.82, 2.24) is 9.55 Å². The maximum absolute atomic E-state index is 12.1. The minimum Gasteiger partial charge on any atom is -0.487 e. The number of rotatable bonds is 9. The van der Waals surface area contributed by atoms with Crippen molar-refractivity contribution in [3.63, 3.8) is 0 Å². The molecule has 2 aromatic heterocycles. The van der Waals surface area contributed by atoms with Crippen LogP contribution in [0.25, 0.3) is 21.8 Å². The van der Waals surface area contributed by atoms with Crippen LogP contribution in [0, 0.1) is 5.41 Å². The molecule has 0 aliphatic carbocycles. The van der Waals surface area contributed by atoms with Crippen LogP contribution < -0.4 is 4.74 Å². The van der Waals surface area contributed by atoms with Gasteiger partial charge in [0.1, 0.15) is 12.4 Å². The SMILES string of the molecule is CC(C)c1c(CC(C)(C)C(=O)O)n(Cc2ccc(Cl)cc2)c2ccc(OCc3ccc4ccccc4n3)cc12. The highest BCUT2D eigenvalue weighted by Crippen LogP contribution is 2.38. The van der Waals surface area contributed by atoms with E-state index in [1.54, 1.807) is 13.8 Å². The Labute approximate surface area is 234 Å². The largest absolute Gasteiger partial charge is 0.487 e. The smallest absolute Gasteiger partial charge is 0.309 e. The lowest BCUT2D eigenvalue weighted by Gasteiger charge is -2.23. The molecule has 2 heterocycles. The van der Waals surface area contributed by atoms with Crippen molar-refractivity contribution in [2.75, 3.05) is 0 Å². The number of fused-ring (bicyclic) bond motifs is 2. The van der Waals surface area contributed by atoms with Gasteiger partial charge in [0.05, 0.1) is 16.6 Å². The van der Waals surface area contributed by atoms with Crippen molar-refractivity contribution in [1.29, 1.82) is 0 Å². The van der Waals surface area contributed by atoms with E-state index in [4.69, 9.17) is 21.3 Å². The summed E-state index contributed by atoms with van der Waals surface area (Å²) < 4.78 is 8.48. The van der Waals surface area contributed by atoms with Crippen LogP contribution in [0.4, 0.5) is 0 Å². The number of ether oxygens (including phenoxy) is 1. The van der Waals surface area contributed by atoms with Crippen LogP contribution in [0.2, 0.25) is 5.02 Å². The molecular formula is C33H33ClN2O3. The zero-order chi connectivity index (χ0) is 27.7. The zero-order valence-corrected chi connectivity index (χ0v) is 23.5. The highest BCUT2D eigenvalue weighted by atomic mass is 35.5. The van der Waals surface area contributed by atoms with E-state index in [0.717, 1.165) is 50.1 Å². The van der Waals surface area contributed by atoms with Crippen molar-refractivity contribution in [3.8, 4) is 5.75 Å². The van der Waals surface area contributed by atoms with Crippen molar-refractivity contribution >= 4 is 39.4 Å². The van der Waals surface area contributed by atoms with Gasteiger partial charge in [-0.3, -0.25) is 4.79 Å². The van der Waals surface area contributed by atoms with E-state index < -0.39 is 11.4 Å². The summed E-state index contributed by atoms with van der Waals surface area (Å²) in [5, 5.41) is 12.8. The fourth-order valence-electron chi connectivity index (χ4n) is 5.13. The molecule has 39 heavy (non-hydrogen) atoms. The molecule has 0 unspecified atom stereocenters. The fourth-order valence-corrected chi connectivity index (χ4v) is 5.26. The lowest BCUT2D eigenvalue weighted by molar-refractivity contribution is -0.146. The topological polar surface area (TPSA) is 64.3 Å². The number of pyridine rings is 1. The second-order valence-corrected chi connectivity index (χ2v) is 11.5. The second kappa shape index (κ2) is 10.7. The summed E-state index contributed by atoms with van der Waals surface area (Å²) in [6.07, 6.45) is 0.412. The summed E-state index contributed by atoms with van der Waals surface area (Å²) in [4.78, 5) is 16.9. The Morgan fingerprint density at radius 2 is 1.77 bits per heavy atom. The van der Waals surface area contributed by atoms with Crippen molar-refractivity contribution in [3.05, 3.63) is 106 Å². The summed E-state index contributed by atoms with van der Waals surface area (Å²) in [5.74, 6) is 0.135. The first-order valence-electron chi connectivity index (χ1n) is 13.2. The molecule has 0 amide bonds. The van der Waals surface area contributed by atoms with Gasteiger partial charge >= 0.3 is 5.97 Å². The van der Waals surface area contributed by atoms with Gasteiger partial charge in [-0.2, -0.15) is 0 Å². The number of nitrogens with zero attached hydrogens (tertiary/aromatic N) is 2. The number of hydrogen-bond acceptors (Lipinski definition) is 3. The number of aromatic nitrogens is 2. The first-order valence-corrected chi connectivity index (χ1v) is 13.6. The molecule has 0 saturated carbocycles. The van der Waals surface area contributed by atoms with Gasteiger partial charge in [0, 0.05) is 40.0 Å². The third-order valence-electron chi connectivity index (χ3n) is 7.25. The van der Waals surface area contributed by atoms with Crippen LogP contribution in [0.15, 0.2) is 78.9 Å². The predicted octanol–water partition coefficient (Wildman–Crippen LogP) is 8.25. The molecule has 3 aromatic carbocycles. The van der Waals surface area contributed by atoms with E-state index in [9.17, 15) is 9.90 Å². The molecule has 0 radical (unpaired) electrons. The zero-order valence-electron chi connectivity index (χ0n) is 22.7. The minimum atomic E-state index is -0.920. The van der Waals surface area contributed by atoms with Gasteiger partial charge in [-0.15, -0.1) is 0 Å². The maximum atomic E-state index is 12.1. The number of carboxylic acid groups (broad SMARTS) is 1. The quantitative estimate of drug-likeness (QED) is 0.204. The van der Waals surface area contributed by atoms with Gasteiger partial charge in [0.25, 0.3) is 0 Å². The van der Waals surface area contributed by atoms with Crippen LogP contribution in [0.5, 0.6) is 5.75 Å². The normalized spacial score (nSPS) is 11.9. The van der Waals surface area contributed by atoms with Crippen molar-refractivity contribution < 1.29 is 14.6 Å². The van der Waals surface area contributed by atoms with Crippen molar-refractivity contribution in [2.24, 2.45) is 5.41 Å². The van der Waals surface area contributed by atoms with Gasteiger partial charge in [-0.25, -0.2) is 4.98 Å². The summed E-state index contributed by atoms with van der Waals surface area (Å²) in [6, 6.07) is 26.1. The molecule has 5 aromatic rings. The molecule has 1 N–H and O–H groups in total. The Bertz CT molecular complexity index is 1650. The molecule has 0 spiro atoms. The van der Waals surface area contributed by atoms with E-state index in [-0.39, 0.29) is 5.92 Å². The Morgan fingerprint density at radius 1 is 1.03 bits per heavy atom. The molecule has 0 bridgehead atoms. The van der Waals surface area contributed by atoms with E-state index in [1.807, 2.05) is 60.7 Å². The maximum Gasteiger partial charge on any atom is 0.309 e. The second-order valence-electron chi connectivity index (χ2n) is 11.1. The summed E-state index contributed by atoms with van der Waals surface area (Å²) in [5.41, 5.74) is 5.24. The molecule has 0 atom stereocenters. The lowest BCUT2D eigenvalue weighted by Crippen LogP contribution is -2.28. The van der Waals surface area contributed by atoms with Crippen molar-refractivity contribution in [2.45, 2.75) is 53.2 Å². The van der Waals surface area contributed by atoms with Crippen LogP contribution in [-0.2, 0) is 24.4 Å². The standard InChI is InChI=1S/C33H33ClN2O3/c1-21(2)31-27-17-26(39-20-25-14-11-23-7-5-6-8-28(23)35-25)15-16-29(27)36(19-22-9-12-24(34)13-10-22)30(31)18-33(3,4)32(37)38/h5-17,21H,18-20H2,1-4H3,(H,37,38). The van der Waals surface area contributed by atoms with E-state index in [0.29, 0.717) is 24.6 Å². The molecule has 5 nitrogen and oxygen atoms in total. The van der Waals surface area contributed by atoms with Crippen LogP contribution in [0.1, 0.15) is 56.1 Å². The number of aliphatic carboxylic acids is 1. The highest BCUT2D eigenvalue weighted by molar-refractivity contribution is 6.30. The summed E-state index contributed by atoms with van der Waals surface area (Å²) in [6.45, 7) is 8.87. The molecule has 6 heteroatoms. The Balaban J connectivity index is 1.55. The van der Waals surface area contributed by atoms with E-state index in [2.05, 4.69) is 36.6 Å². The van der Waals surface area contributed by atoms with Crippen LogP contribution in [-0.4, -0.2) is 20.6 Å². The van der Waals surface area contributed by atoms with E-state index >= 15 is 0 Å². The first-order chi connectivity index (χ1) is 18.6. The molecule has 0 aliphatic rings. The number of carbonyl (C=O) groups is 1. The first kappa shape index (κ1) is 26.8. The fraction of sp³-hybridized carbons (Fsp3) is 0.273. The average molecular weight is 541 g/mol. The number of carboxylic acids is 1. The number of halogens is 1. The monoisotopic (exact) mass is 540 g/mol. The molecule has 0 aliphatic heterocycles. The molecule has 5 rings (SSSR count). The summed E-state index contributed by atoms with van der Waals surface area (Å²) in [7, 11) is 0. The van der Waals surface area contributed by atoms with Gasteiger partial charge in [-0.1, -0.05) is 61.8 Å². The third-order valence-corrected chi connectivity index (χ3v) is 7.50. The number of benzene rings is 3.